The maximum atomic E-state index is 13.2. The lowest BCUT2D eigenvalue weighted by atomic mass is 9.96. The Kier molecular flexibility index (Phi) is 4.69. The van der Waals surface area contributed by atoms with Crippen molar-refractivity contribution in [2.75, 3.05) is 6.54 Å². The molecule has 0 spiro atoms. The lowest BCUT2D eigenvalue weighted by Crippen LogP contribution is -2.06. The summed E-state index contributed by atoms with van der Waals surface area (Å²) in [4.78, 5) is 0. The molecule has 0 aliphatic carbocycles. The summed E-state index contributed by atoms with van der Waals surface area (Å²) >= 11 is 0. The molecule has 2 rings (SSSR count). The van der Waals surface area contributed by atoms with E-state index in [9.17, 15) is 4.39 Å². The Morgan fingerprint density at radius 2 is 1.79 bits per heavy atom. The molecule has 0 atom stereocenters. The van der Waals surface area contributed by atoms with Crippen LogP contribution in [0.4, 0.5) is 4.39 Å². The second-order valence-corrected chi connectivity index (χ2v) is 4.80. The number of hydrogen-bond acceptors (Lipinski definition) is 1. The minimum Gasteiger partial charge on any atom is -0.330 e. The summed E-state index contributed by atoms with van der Waals surface area (Å²) in [7, 11) is 0. The van der Waals surface area contributed by atoms with Crippen molar-refractivity contribution in [1.29, 1.82) is 0 Å². The molecule has 0 radical (unpaired) electrons. The summed E-state index contributed by atoms with van der Waals surface area (Å²) in [6.45, 7) is 2.82. The Bertz CT molecular complexity index is 549. The summed E-state index contributed by atoms with van der Waals surface area (Å²) < 4.78 is 13.2. The quantitative estimate of drug-likeness (QED) is 0.872. The Morgan fingerprint density at radius 1 is 1.00 bits per heavy atom. The number of benzene rings is 2. The molecule has 2 heteroatoms. The van der Waals surface area contributed by atoms with Crippen LogP contribution in [0.25, 0.3) is 0 Å². The summed E-state index contributed by atoms with van der Waals surface area (Å²) in [6.07, 6.45) is 2.69. The molecule has 0 saturated heterocycles. The highest BCUT2D eigenvalue weighted by atomic mass is 19.1. The maximum Gasteiger partial charge on any atom is 0.123 e. The van der Waals surface area contributed by atoms with Crippen molar-refractivity contribution < 1.29 is 4.39 Å². The van der Waals surface area contributed by atoms with Gasteiger partial charge >= 0.3 is 0 Å². The normalized spacial score (nSPS) is 10.7. The Hall–Kier alpha value is -1.67. The predicted molar refractivity (Wildman–Crippen MR) is 77.8 cm³/mol. The zero-order chi connectivity index (χ0) is 13.7. The lowest BCUT2D eigenvalue weighted by molar-refractivity contribution is 0.626. The van der Waals surface area contributed by atoms with Gasteiger partial charge in [0.05, 0.1) is 0 Å². The molecule has 0 heterocycles. The van der Waals surface area contributed by atoms with Crippen LogP contribution in [0, 0.1) is 5.82 Å². The van der Waals surface area contributed by atoms with E-state index >= 15 is 0 Å². The van der Waals surface area contributed by atoms with Gasteiger partial charge in [-0.05, 0) is 60.2 Å². The Balaban J connectivity index is 2.23. The topological polar surface area (TPSA) is 26.0 Å². The number of rotatable bonds is 5. The number of halogens is 1. The van der Waals surface area contributed by atoms with Gasteiger partial charge in [0.25, 0.3) is 0 Å². The van der Waals surface area contributed by atoms with Crippen molar-refractivity contribution in [2.24, 2.45) is 5.73 Å². The number of hydrogen-bond donors (Lipinski definition) is 1. The minimum absolute atomic E-state index is 0.176. The fraction of sp³-hybridized carbons (Fsp3) is 0.294. The van der Waals surface area contributed by atoms with E-state index < -0.39 is 0 Å². The van der Waals surface area contributed by atoms with Crippen molar-refractivity contribution in [3.8, 4) is 0 Å². The van der Waals surface area contributed by atoms with E-state index in [0.29, 0.717) is 6.54 Å². The standard InChI is InChI=1S/C17H20FN/c1-2-15-7-6-14(11-16(15)8-9-19)10-13-4-3-5-17(18)12-13/h3-7,11-12H,2,8-10,19H2,1H3. The van der Waals surface area contributed by atoms with E-state index in [0.717, 1.165) is 24.8 Å². The summed E-state index contributed by atoms with van der Waals surface area (Å²) in [5, 5.41) is 0. The first kappa shape index (κ1) is 13.8. The first-order valence-electron chi connectivity index (χ1n) is 6.78. The van der Waals surface area contributed by atoms with Gasteiger partial charge in [-0.15, -0.1) is 0 Å². The van der Waals surface area contributed by atoms with Crippen LogP contribution in [0.1, 0.15) is 29.2 Å². The van der Waals surface area contributed by atoms with Crippen LogP contribution in [0.2, 0.25) is 0 Å². The molecule has 19 heavy (non-hydrogen) atoms. The zero-order valence-electron chi connectivity index (χ0n) is 11.3. The van der Waals surface area contributed by atoms with E-state index in [1.54, 1.807) is 12.1 Å². The predicted octanol–water partition coefficient (Wildman–Crippen LogP) is 3.48. The molecule has 2 aromatic carbocycles. The van der Waals surface area contributed by atoms with Crippen LogP contribution in [0.15, 0.2) is 42.5 Å². The van der Waals surface area contributed by atoms with E-state index in [2.05, 4.69) is 25.1 Å². The van der Waals surface area contributed by atoms with Crippen LogP contribution < -0.4 is 5.73 Å². The zero-order valence-corrected chi connectivity index (χ0v) is 11.3. The van der Waals surface area contributed by atoms with Gasteiger partial charge in [-0.25, -0.2) is 4.39 Å². The van der Waals surface area contributed by atoms with E-state index in [4.69, 9.17) is 5.73 Å². The molecule has 0 aromatic heterocycles. The summed E-state index contributed by atoms with van der Waals surface area (Å²) in [5.41, 5.74) is 10.5. The number of nitrogens with two attached hydrogens (primary N) is 1. The fourth-order valence-corrected chi connectivity index (χ4v) is 2.40. The molecule has 2 aromatic rings. The molecule has 0 bridgehead atoms. The fourth-order valence-electron chi connectivity index (χ4n) is 2.40. The third kappa shape index (κ3) is 3.65. The molecule has 2 N–H and O–H groups in total. The molecule has 0 saturated carbocycles. The van der Waals surface area contributed by atoms with Crippen molar-refractivity contribution in [2.45, 2.75) is 26.2 Å². The van der Waals surface area contributed by atoms with Gasteiger partial charge in [-0.3, -0.25) is 0 Å². The molecule has 0 amide bonds. The second-order valence-electron chi connectivity index (χ2n) is 4.80. The molecule has 100 valence electrons. The van der Waals surface area contributed by atoms with Crippen molar-refractivity contribution >= 4 is 0 Å². The Morgan fingerprint density at radius 3 is 2.47 bits per heavy atom. The van der Waals surface area contributed by atoms with Gasteiger partial charge in [-0.2, -0.15) is 0 Å². The van der Waals surface area contributed by atoms with Crippen LogP contribution in [-0.4, -0.2) is 6.54 Å². The molecule has 1 nitrogen and oxygen atoms in total. The first-order chi connectivity index (χ1) is 9.22. The van der Waals surface area contributed by atoms with Crippen LogP contribution in [0.3, 0.4) is 0 Å². The smallest absolute Gasteiger partial charge is 0.123 e. The minimum atomic E-state index is -0.176. The largest absolute Gasteiger partial charge is 0.330 e. The molecule has 0 aliphatic heterocycles. The third-order valence-corrected chi connectivity index (χ3v) is 3.36. The molecule has 0 fully saturated rings. The third-order valence-electron chi connectivity index (χ3n) is 3.36. The highest BCUT2D eigenvalue weighted by molar-refractivity contribution is 5.35. The van der Waals surface area contributed by atoms with Crippen LogP contribution in [0.5, 0.6) is 0 Å². The van der Waals surface area contributed by atoms with Gasteiger partial charge in [0.15, 0.2) is 0 Å². The van der Waals surface area contributed by atoms with Crippen molar-refractivity contribution in [3.63, 3.8) is 0 Å². The summed E-state index contributed by atoms with van der Waals surface area (Å²) in [6, 6.07) is 13.3. The first-order valence-corrected chi connectivity index (χ1v) is 6.78. The van der Waals surface area contributed by atoms with Gasteiger partial charge in [0, 0.05) is 0 Å². The van der Waals surface area contributed by atoms with Gasteiger partial charge in [-0.1, -0.05) is 37.3 Å². The average molecular weight is 257 g/mol. The van der Waals surface area contributed by atoms with Gasteiger partial charge < -0.3 is 5.73 Å². The maximum absolute atomic E-state index is 13.2. The number of aryl methyl sites for hydroxylation is 1. The van der Waals surface area contributed by atoms with Crippen molar-refractivity contribution in [3.05, 3.63) is 70.5 Å². The van der Waals surface area contributed by atoms with Gasteiger partial charge in [0.1, 0.15) is 5.82 Å². The molecule has 0 unspecified atom stereocenters. The molecular formula is C17H20FN. The van der Waals surface area contributed by atoms with E-state index in [-0.39, 0.29) is 5.82 Å². The highest BCUT2D eigenvalue weighted by Crippen LogP contribution is 2.17. The Labute approximate surface area is 114 Å². The van der Waals surface area contributed by atoms with E-state index in [1.807, 2.05) is 6.07 Å². The summed E-state index contributed by atoms with van der Waals surface area (Å²) in [5.74, 6) is -0.176. The molecular weight excluding hydrogens is 237 g/mol. The highest BCUT2D eigenvalue weighted by Gasteiger charge is 2.04. The SMILES string of the molecule is CCc1ccc(Cc2cccc(F)c2)cc1CCN. The monoisotopic (exact) mass is 257 g/mol. The van der Waals surface area contributed by atoms with Gasteiger partial charge in [0.2, 0.25) is 0 Å². The van der Waals surface area contributed by atoms with Crippen LogP contribution >= 0.6 is 0 Å². The van der Waals surface area contributed by atoms with E-state index in [1.165, 1.54) is 22.8 Å². The second kappa shape index (κ2) is 6.48. The molecule has 0 aliphatic rings. The lowest BCUT2D eigenvalue weighted by Gasteiger charge is -2.10. The van der Waals surface area contributed by atoms with Crippen molar-refractivity contribution in [1.82, 2.24) is 0 Å². The van der Waals surface area contributed by atoms with Crippen LogP contribution in [-0.2, 0) is 19.3 Å². The average Bonchev–Trinajstić information content (AvgIpc) is 2.39.